The fourth-order valence-corrected chi connectivity index (χ4v) is 1.89. The lowest BCUT2D eigenvalue weighted by atomic mass is 10.2. The molecule has 0 saturated carbocycles. The topological polar surface area (TPSA) is 142 Å². The average Bonchev–Trinajstić information content (AvgIpc) is 3.02. The normalized spacial score (nSPS) is 10.2. The van der Waals surface area contributed by atoms with Crippen LogP contribution >= 0.6 is 0 Å². The third-order valence-electron chi connectivity index (χ3n) is 3.07. The summed E-state index contributed by atoms with van der Waals surface area (Å²) in [4.78, 5) is 32.3. The van der Waals surface area contributed by atoms with Gasteiger partial charge in [-0.1, -0.05) is 0 Å². The van der Waals surface area contributed by atoms with E-state index in [0.29, 0.717) is 5.75 Å². The maximum Gasteiger partial charge on any atom is 0.306 e. The molecule has 0 fully saturated rings. The van der Waals surface area contributed by atoms with E-state index in [1.165, 1.54) is 36.2 Å². The van der Waals surface area contributed by atoms with Crippen LogP contribution in [0.4, 0.5) is 17.1 Å². The van der Waals surface area contributed by atoms with Gasteiger partial charge in [0.05, 0.1) is 23.0 Å². The molecule has 1 heterocycles. The van der Waals surface area contributed by atoms with Gasteiger partial charge >= 0.3 is 5.69 Å². The zero-order valence-electron chi connectivity index (χ0n) is 12.5. The predicted molar refractivity (Wildman–Crippen MR) is 81.8 cm³/mol. The highest BCUT2D eigenvalue weighted by atomic mass is 16.6. The molecule has 0 unspecified atom stereocenters. The molecule has 24 heavy (non-hydrogen) atoms. The summed E-state index contributed by atoms with van der Waals surface area (Å²) in [7, 11) is 1.38. The minimum atomic E-state index is -0.630. The van der Waals surface area contributed by atoms with Crippen molar-refractivity contribution in [2.24, 2.45) is 0 Å². The number of nitrogens with zero attached hydrogens (tertiary/aromatic N) is 4. The molecule has 0 radical (unpaired) electrons. The Morgan fingerprint density at radius 1 is 1.33 bits per heavy atom. The number of carbonyl (C=O) groups is 1. The molecule has 2 aromatic rings. The second kappa shape index (κ2) is 7.17. The maximum atomic E-state index is 11.9. The smallest absolute Gasteiger partial charge is 0.306 e. The Hall–Kier alpha value is -3.50. The Labute approximate surface area is 135 Å². The van der Waals surface area contributed by atoms with Crippen molar-refractivity contribution in [3.63, 3.8) is 0 Å². The van der Waals surface area contributed by atoms with Crippen molar-refractivity contribution in [3.8, 4) is 5.75 Å². The number of benzene rings is 1. The summed E-state index contributed by atoms with van der Waals surface area (Å²) in [5.41, 5.74) is -0.434. The average molecular weight is 335 g/mol. The minimum absolute atomic E-state index is 0.0391. The summed E-state index contributed by atoms with van der Waals surface area (Å²) in [6.45, 7) is 0.101. The van der Waals surface area contributed by atoms with Crippen LogP contribution in [-0.2, 0) is 11.3 Å². The highest BCUT2D eigenvalue weighted by Crippen LogP contribution is 2.29. The van der Waals surface area contributed by atoms with Crippen molar-refractivity contribution in [1.82, 2.24) is 9.78 Å². The zero-order chi connectivity index (χ0) is 17.7. The highest BCUT2D eigenvalue weighted by Gasteiger charge is 2.17. The molecule has 1 aromatic carbocycles. The number of ether oxygens (including phenoxy) is 1. The van der Waals surface area contributed by atoms with Gasteiger partial charge in [-0.15, -0.1) is 0 Å². The lowest BCUT2D eigenvalue weighted by Gasteiger charge is -2.07. The quantitative estimate of drug-likeness (QED) is 0.599. The number of aromatic nitrogens is 2. The molecule has 0 bridgehead atoms. The molecule has 11 nitrogen and oxygen atoms in total. The summed E-state index contributed by atoms with van der Waals surface area (Å²) in [6, 6.07) is 4.06. The molecule has 11 heteroatoms. The van der Waals surface area contributed by atoms with E-state index in [4.69, 9.17) is 4.74 Å². The van der Waals surface area contributed by atoms with Crippen molar-refractivity contribution in [2.75, 3.05) is 12.4 Å². The first-order valence-electron chi connectivity index (χ1n) is 6.70. The highest BCUT2D eigenvalue weighted by molar-refractivity contribution is 5.93. The van der Waals surface area contributed by atoms with Gasteiger partial charge in [0.25, 0.3) is 5.69 Å². The molecule has 126 valence electrons. The number of rotatable bonds is 7. The number of methoxy groups -OCH3 is 1. The van der Waals surface area contributed by atoms with Gasteiger partial charge in [0.15, 0.2) is 0 Å². The number of nitrogens with one attached hydrogen (secondary N) is 1. The second-order valence-electron chi connectivity index (χ2n) is 4.66. The van der Waals surface area contributed by atoms with Gasteiger partial charge < -0.3 is 10.1 Å². The Morgan fingerprint density at radius 3 is 2.67 bits per heavy atom. The van der Waals surface area contributed by atoms with Crippen LogP contribution in [0.1, 0.15) is 6.42 Å². The number of hydrogen-bond acceptors (Lipinski definition) is 7. The Bertz CT molecular complexity index is 787. The molecule has 1 N–H and O–H groups in total. The summed E-state index contributed by atoms with van der Waals surface area (Å²) >= 11 is 0. The molecule has 0 aliphatic rings. The van der Waals surface area contributed by atoms with E-state index < -0.39 is 15.8 Å². The number of amides is 1. The molecular formula is C13H13N5O6. The Morgan fingerprint density at radius 2 is 2.08 bits per heavy atom. The van der Waals surface area contributed by atoms with E-state index in [2.05, 4.69) is 10.4 Å². The number of hydrogen-bond donors (Lipinski definition) is 1. The predicted octanol–water partition coefficient (Wildman–Crippen LogP) is 1.74. The molecule has 0 saturated heterocycles. The van der Waals surface area contributed by atoms with Crippen LogP contribution in [0.5, 0.6) is 5.75 Å². The first kappa shape index (κ1) is 16.9. The van der Waals surface area contributed by atoms with E-state index in [1.807, 2.05) is 0 Å². The zero-order valence-corrected chi connectivity index (χ0v) is 12.5. The summed E-state index contributed by atoms with van der Waals surface area (Å²) in [6.07, 6.45) is 2.22. The van der Waals surface area contributed by atoms with Crippen LogP contribution in [0.25, 0.3) is 0 Å². The van der Waals surface area contributed by atoms with Crippen molar-refractivity contribution in [2.45, 2.75) is 13.0 Å². The van der Waals surface area contributed by atoms with Gasteiger partial charge in [-0.05, 0) is 12.1 Å². The summed E-state index contributed by atoms with van der Waals surface area (Å²) in [5, 5.41) is 27.8. The molecule has 0 aliphatic carbocycles. The third kappa shape index (κ3) is 4.03. The molecule has 0 aliphatic heterocycles. The van der Waals surface area contributed by atoms with Gasteiger partial charge in [-0.3, -0.25) is 29.7 Å². The second-order valence-corrected chi connectivity index (χ2v) is 4.66. The number of anilines is 1. The van der Waals surface area contributed by atoms with Crippen molar-refractivity contribution in [1.29, 1.82) is 0 Å². The number of nitro benzene ring substituents is 1. The van der Waals surface area contributed by atoms with Crippen molar-refractivity contribution in [3.05, 3.63) is 50.8 Å². The summed E-state index contributed by atoms with van der Waals surface area (Å²) < 4.78 is 6.16. The summed E-state index contributed by atoms with van der Waals surface area (Å²) in [5.74, 6) is -0.190. The van der Waals surface area contributed by atoms with Crippen LogP contribution < -0.4 is 10.1 Å². The molecule has 2 rings (SSSR count). The number of carbonyl (C=O) groups excluding carboxylic acids is 1. The first-order chi connectivity index (χ1) is 11.4. The van der Waals surface area contributed by atoms with Crippen LogP contribution in [0.3, 0.4) is 0 Å². The molecule has 1 amide bonds. The van der Waals surface area contributed by atoms with E-state index in [9.17, 15) is 25.0 Å². The molecular weight excluding hydrogens is 322 g/mol. The number of nitro groups is 2. The standard InChI is InChI=1S/C13H13N5O6/c1-24-10-2-3-11(12(6-10)18(22)23)15-13(19)4-5-16-8-9(7-14-16)17(20)21/h2-3,6-8H,4-5H2,1H3,(H,15,19). The van der Waals surface area contributed by atoms with E-state index in [-0.39, 0.29) is 30.0 Å². The van der Waals surface area contributed by atoms with Gasteiger partial charge in [0, 0.05) is 13.0 Å². The fourth-order valence-electron chi connectivity index (χ4n) is 1.89. The van der Waals surface area contributed by atoms with Gasteiger partial charge in [0.2, 0.25) is 5.91 Å². The first-order valence-corrected chi connectivity index (χ1v) is 6.70. The van der Waals surface area contributed by atoms with Gasteiger partial charge in [-0.25, -0.2) is 0 Å². The lowest BCUT2D eigenvalue weighted by Crippen LogP contribution is -2.15. The van der Waals surface area contributed by atoms with Gasteiger partial charge in [-0.2, -0.15) is 5.10 Å². The van der Waals surface area contributed by atoms with Crippen LogP contribution in [0.15, 0.2) is 30.6 Å². The van der Waals surface area contributed by atoms with Crippen LogP contribution in [-0.4, -0.2) is 32.6 Å². The van der Waals surface area contributed by atoms with Crippen molar-refractivity contribution < 1.29 is 19.4 Å². The lowest BCUT2D eigenvalue weighted by molar-refractivity contribution is -0.385. The van der Waals surface area contributed by atoms with Crippen LogP contribution in [0, 0.1) is 20.2 Å². The molecule has 0 spiro atoms. The molecule has 0 atom stereocenters. The van der Waals surface area contributed by atoms with E-state index in [1.54, 1.807) is 0 Å². The van der Waals surface area contributed by atoms with E-state index in [0.717, 1.165) is 6.20 Å². The van der Waals surface area contributed by atoms with Crippen LogP contribution in [0.2, 0.25) is 0 Å². The largest absolute Gasteiger partial charge is 0.496 e. The minimum Gasteiger partial charge on any atom is -0.496 e. The third-order valence-corrected chi connectivity index (χ3v) is 3.07. The monoisotopic (exact) mass is 335 g/mol. The van der Waals surface area contributed by atoms with E-state index >= 15 is 0 Å². The fraction of sp³-hybridized carbons (Fsp3) is 0.231. The Balaban J connectivity index is 2.01. The maximum absolute atomic E-state index is 11.9. The van der Waals surface area contributed by atoms with Crippen molar-refractivity contribution >= 4 is 23.0 Å². The Kier molecular flexibility index (Phi) is 5.04. The SMILES string of the molecule is COc1ccc(NC(=O)CCn2cc([N+](=O)[O-])cn2)c([N+](=O)[O-])c1. The number of aryl methyl sites for hydroxylation is 1. The van der Waals surface area contributed by atoms with Gasteiger partial charge in [0.1, 0.15) is 23.8 Å². The molecule has 1 aromatic heterocycles.